The average Bonchev–Trinajstić information content (AvgIpc) is 2.76. The van der Waals surface area contributed by atoms with Crippen molar-refractivity contribution in [3.63, 3.8) is 0 Å². The largest absolute Gasteiger partial charge is 0.505 e. The fourth-order valence-electron chi connectivity index (χ4n) is 1.87. The zero-order valence-electron chi connectivity index (χ0n) is 11.3. The lowest BCUT2D eigenvalue weighted by Gasteiger charge is -2.07. The molecular weight excluding hydrogens is 283 g/mol. The van der Waals surface area contributed by atoms with Crippen LogP contribution in [-0.4, -0.2) is 10.1 Å². The Hall–Kier alpha value is -1.59. The third-order valence-electron chi connectivity index (χ3n) is 2.95. The molecule has 4 nitrogen and oxygen atoms in total. The van der Waals surface area contributed by atoms with Gasteiger partial charge in [0.15, 0.2) is 17.5 Å². The van der Waals surface area contributed by atoms with Gasteiger partial charge in [0.1, 0.15) is 5.76 Å². The Morgan fingerprint density at radius 1 is 1.40 bits per heavy atom. The average molecular weight is 299 g/mol. The smallest absolute Gasteiger partial charge is 0.194 e. The molecule has 0 spiro atoms. The minimum Gasteiger partial charge on any atom is -0.505 e. The number of aromatic hydroxyl groups is 1. The van der Waals surface area contributed by atoms with Gasteiger partial charge >= 0.3 is 0 Å². The molecule has 0 fully saturated rings. The van der Waals surface area contributed by atoms with Crippen molar-refractivity contribution in [1.29, 1.82) is 0 Å². The van der Waals surface area contributed by atoms with E-state index < -0.39 is 5.82 Å². The number of hydrogen-bond donors (Lipinski definition) is 2. The molecule has 0 radical (unpaired) electrons. The molecule has 2 N–H and O–H groups in total. The molecule has 0 bridgehead atoms. The number of oxazole rings is 1. The molecule has 0 aliphatic carbocycles. The van der Waals surface area contributed by atoms with Crippen LogP contribution < -0.4 is 5.32 Å². The highest BCUT2D eigenvalue weighted by molar-refractivity contribution is 6.30. The summed E-state index contributed by atoms with van der Waals surface area (Å²) < 4.78 is 18.9. The van der Waals surface area contributed by atoms with Crippen LogP contribution in [0.15, 0.2) is 16.5 Å². The number of phenols is 1. The Morgan fingerprint density at radius 2 is 2.15 bits per heavy atom. The summed E-state index contributed by atoms with van der Waals surface area (Å²) in [6.45, 7) is 4.57. The number of nitrogens with zero attached hydrogens (tertiary/aromatic N) is 1. The highest BCUT2D eigenvalue weighted by Gasteiger charge is 2.11. The lowest BCUT2D eigenvalue weighted by atomic mass is 10.2. The van der Waals surface area contributed by atoms with Crippen molar-refractivity contribution in [2.45, 2.75) is 33.4 Å². The Balaban J connectivity index is 2.01. The third kappa shape index (κ3) is 3.29. The Bertz CT molecular complexity index is 613. The molecule has 2 aromatic rings. The van der Waals surface area contributed by atoms with E-state index >= 15 is 0 Å². The molecule has 0 amide bonds. The summed E-state index contributed by atoms with van der Waals surface area (Å²) in [5.74, 6) is 0.323. The number of aryl methyl sites for hydroxylation is 2. The predicted molar refractivity (Wildman–Crippen MR) is 74.2 cm³/mol. The second-order valence-corrected chi connectivity index (χ2v) is 4.91. The molecule has 0 atom stereocenters. The van der Waals surface area contributed by atoms with Gasteiger partial charge in [0.25, 0.3) is 0 Å². The quantitative estimate of drug-likeness (QED) is 0.889. The second kappa shape index (κ2) is 6.24. The molecule has 108 valence electrons. The van der Waals surface area contributed by atoms with Crippen LogP contribution >= 0.6 is 11.6 Å². The van der Waals surface area contributed by atoms with Crippen molar-refractivity contribution >= 4 is 11.6 Å². The van der Waals surface area contributed by atoms with E-state index in [9.17, 15) is 9.50 Å². The molecule has 1 aromatic carbocycles. The van der Waals surface area contributed by atoms with Crippen molar-refractivity contribution in [2.24, 2.45) is 0 Å². The number of rotatable bonds is 5. The van der Waals surface area contributed by atoms with Crippen LogP contribution in [0.1, 0.15) is 29.8 Å². The van der Waals surface area contributed by atoms with Gasteiger partial charge in [-0.05, 0) is 19.1 Å². The first kappa shape index (κ1) is 14.8. The van der Waals surface area contributed by atoms with E-state index in [-0.39, 0.29) is 17.3 Å². The van der Waals surface area contributed by atoms with Crippen LogP contribution in [0.4, 0.5) is 4.39 Å². The molecular formula is C14H16ClFN2O2. The molecule has 0 aliphatic heterocycles. The molecule has 0 unspecified atom stereocenters. The topological polar surface area (TPSA) is 58.3 Å². The van der Waals surface area contributed by atoms with Gasteiger partial charge < -0.3 is 14.8 Å². The van der Waals surface area contributed by atoms with Gasteiger partial charge in [-0.15, -0.1) is 0 Å². The minimum absolute atomic E-state index is 0.251. The number of benzene rings is 1. The van der Waals surface area contributed by atoms with Crippen molar-refractivity contribution in [3.05, 3.63) is 45.9 Å². The number of halogens is 2. The molecule has 1 aromatic heterocycles. The number of aromatic nitrogens is 1. The van der Waals surface area contributed by atoms with Gasteiger partial charge in [-0.2, -0.15) is 0 Å². The van der Waals surface area contributed by atoms with Crippen molar-refractivity contribution in [2.75, 3.05) is 0 Å². The highest BCUT2D eigenvalue weighted by Crippen LogP contribution is 2.25. The van der Waals surface area contributed by atoms with Crippen LogP contribution in [0, 0.1) is 12.7 Å². The zero-order chi connectivity index (χ0) is 14.7. The van der Waals surface area contributed by atoms with E-state index in [0.717, 1.165) is 23.9 Å². The van der Waals surface area contributed by atoms with Gasteiger partial charge in [-0.25, -0.2) is 9.37 Å². The summed E-state index contributed by atoms with van der Waals surface area (Å²) in [5.41, 5.74) is 1.23. The van der Waals surface area contributed by atoms with Crippen LogP contribution in [-0.2, 0) is 19.5 Å². The van der Waals surface area contributed by atoms with E-state index in [2.05, 4.69) is 10.3 Å². The van der Waals surface area contributed by atoms with E-state index in [1.807, 2.05) is 13.8 Å². The first-order valence-electron chi connectivity index (χ1n) is 6.34. The van der Waals surface area contributed by atoms with E-state index in [1.54, 1.807) is 0 Å². The maximum Gasteiger partial charge on any atom is 0.194 e. The van der Waals surface area contributed by atoms with Crippen molar-refractivity contribution in [3.8, 4) is 5.75 Å². The Kier molecular flexibility index (Phi) is 4.62. The molecule has 0 saturated heterocycles. The predicted octanol–water partition coefficient (Wildman–Crippen LogP) is 3.33. The molecule has 0 saturated carbocycles. The summed E-state index contributed by atoms with van der Waals surface area (Å²) >= 11 is 5.76. The fourth-order valence-corrected chi connectivity index (χ4v) is 2.10. The summed E-state index contributed by atoms with van der Waals surface area (Å²) in [7, 11) is 0. The number of nitrogens with one attached hydrogen (secondary N) is 1. The molecule has 2 rings (SSSR count). The maximum atomic E-state index is 13.3. The van der Waals surface area contributed by atoms with Crippen LogP contribution in [0.25, 0.3) is 0 Å². The first-order valence-corrected chi connectivity index (χ1v) is 6.71. The van der Waals surface area contributed by atoms with E-state index in [1.165, 1.54) is 6.07 Å². The monoisotopic (exact) mass is 298 g/mol. The van der Waals surface area contributed by atoms with Gasteiger partial charge in [0, 0.05) is 23.6 Å². The minimum atomic E-state index is -0.724. The lowest BCUT2D eigenvalue weighted by molar-refractivity contribution is 0.417. The Labute approximate surface area is 121 Å². The highest BCUT2D eigenvalue weighted by atomic mass is 35.5. The molecule has 1 heterocycles. The maximum absolute atomic E-state index is 13.3. The third-order valence-corrected chi connectivity index (χ3v) is 3.17. The van der Waals surface area contributed by atoms with Crippen molar-refractivity contribution in [1.82, 2.24) is 10.3 Å². The van der Waals surface area contributed by atoms with Crippen LogP contribution in [0.3, 0.4) is 0 Å². The normalized spacial score (nSPS) is 11.0. The van der Waals surface area contributed by atoms with Gasteiger partial charge in [0.2, 0.25) is 0 Å². The summed E-state index contributed by atoms with van der Waals surface area (Å²) in [6.07, 6.45) is 0.737. The van der Waals surface area contributed by atoms with Crippen LogP contribution in [0.2, 0.25) is 5.02 Å². The van der Waals surface area contributed by atoms with Gasteiger partial charge in [0.05, 0.1) is 12.2 Å². The van der Waals surface area contributed by atoms with Crippen LogP contribution in [0.5, 0.6) is 5.75 Å². The summed E-state index contributed by atoms with van der Waals surface area (Å²) in [5, 5.41) is 12.9. The standard InChI is InChI=1S/C14H16ClFN2O2/c1-3-13-18-8(2)12(20-13)7-17-6-9-4-10(15)5-11(16)14(9)19/h4-5,17,19H,3,6-7H2,1-2H3. The van der Waals surface area contributed by atoms with E-state index in [0.29, 0.717) is 18.0 Å². The number of phenolic OH excluding ortho intramolecular Hbond substituents is 1. The number of hydrogen-bond acceptors (Lipinski definition) is 4. The SMILES string of the molecule is CCc1nc(C)c(CNCc2cc(Cl)cc(F)c2O)o1. The lowest BCUT2D eigenvalue weighted by Crippen LogP contribution is -2.13. The molecule has 20 heavy (non-hydrogen) atoms. The first-order chi connectivity index (χ1) is 9.51. The van der Waals surface area contributed by atoms with Gasteiger partial charge in [-0.1, -0.05) is 18.5 Å². The molecule has 0 aliphatic rings. The summed E-state index contributed by atoms with van der Waals surface area (Å²) in [4.78, 5) is 4.26. The second-order valence-electron chi connectivity index (χ2n) is 4.47. The molecule has 6 heteroatoms. The van der Waals surface area contributed by atoms with Gasteiger partial charge in [-0.3, -0.25) is 0 Å². The fraction of sp³-hybridized carbons (Fsp3) is 0.357. The van der Waals surface area contributed by atoms with Crippen molar-refractivity contribution < 1.29 is 13.9 Å². The Morgan fingerprint density at radius 3 is 2.80 bits per heavy atom. The summed E-state index contributed by atoms with van der Waals surface area (Å²) in [6, 6.07) is 2.60. The van der Waals surface area contributed by atoms with E-state index in [4.69, 9.17) is 16.0 Å². The zero-order valence-corrected chi connectivity index (χ0v) is 12.1.